The molecule has 1 N–H and O–H groups in total. The summed E-state index contributed by atoms with van der Waals surface area (Å²) < 4.78 is 4.87. The molecule has 96 valence electrons. The zero-order valence-corrected chi connectivity index (χ0v) is 11.9. The van der Waals surface area contributed by atoms with Crippen molar-refractivity contribution < 1.29 is 9.32 Å². The molecule has 1 aromatic rings. The van der Waals surface area contributed by atoms with Gasteiger partial charge in [0, 0.05) is 11.9 Å². The summed E-state index contributed by atoms with van der Waals surface area (Å²) in [5.74, 6) is 0.998. The minimum Gasteiger partial charge on any atom is -0.361 e. The number of nitrogens with one attached hydrogen (secondary N) is 1. The molecule has 0 radical (unpaired) electrons. The van der Waals surface area contributed by atoms with Crippen LogP contribution in [0.1, 0.15) is 42.3 Å². The van der Waals surface area contributed by atoms with Crippen LogP contribution in [0.25, 0.3) is 0 Å². The smallest absolute Gasteiger partial charge is 0.256 e. The van der Waals surface area contributed by atoms with Gasteiger partial charge in [-0.1, -0.05) is 34.4 Å². The second-order valence-electron chi connectivity index (χ2n) is 4.14. The molecule has 0 aliphatic rings. The molecule has 1 rings (SSSR count). The predicted octanol–water partition coefficient (Wildman–Crippen LogP) is 2.91. The number of aromatic nitrogens is 1. The van der Waals surface area contributed by atoms with E-state index >= 15 is 0 Å². The van der Waals surface area contributed by atoms with Gasteiger partial charge in [-0.25, -0.2) is 0 Å². The summed E-state index contributed by atoms with van der Waals surface area (Å²) in [6, 6.07) is 0. The van der Waals surface area contributed by atoms with Gasteiger partial charge in [0.1, 0.15) is 11.3 Å². The average molecular weight is 303 g/mol. The molecule has 0 spiro atoms. The molecule has 0 aliphatic heterocycles. The second kappa shape index (κ2) is 7.48. The number of carbonyl (C=O) groups is 1. The number of nitrogens with zero attached hydrogens (tertiary/aromatic N) is 1. The van der Waals surface area contributed by atoms with E-state index < -0.39 is 0 Å². The van der Waals surface area contributed by atoms with Gasteiger partial charge in [-0.05, 0) is 25.7 Å². The van der Waals surface area contributed by atoms with Crippen LogP contribution in [0.15, 0.2) is 10.7 Å². The van der Waals surface area contributed by atoms with Crippen LogP contribution in [0.4, 0.5) is 0 Å². The molecule has 1 aromatic heterocycles. The van der Waals surface area contributed by atoms with Crippen molar-refractivity contribution >= 4 is 21.8 Å². The van der Waals surface area contributed by atoms with E-state index in [0.29, 0.717) is 23.8 Å². The zero-order valence-electron chi connectivity index (χ0n) is 10.3. The number of alkyl halides is 1. The van der Waals surface area contributed by atoms with E-state index in [1.165, 1.54) is 6.20 Å². The number of carbonyl (C=O) groups excluding carboxylic acids is 1. The van der Waals surface area contributed by atoms with Crippen LogP contribution in [0.2, 0.25) is 0 Å². The fourth-order valence-electron chi connectivity index (χ4n) is 1.76. The van der Waals surface area contributed by atoms with Gasteiger partial charge in [-0.3, -0.25) is 4.79 Å². The van der Waals surface area contributed by atoms with Gasteiger partial charge in [-0.2, -0.15) is 0 Å². The third kappa shape index (κ3) is 4.50. The Hall–Kier alpha value is -0.840. The highest BCUT2D eigenvalue weighted by atomic mass is 79.9. The molecule has 5 heteroatoms. The summed E-state index contributed by atoms with van der Waals surface area (Å²) in [7, 11) is 0. The predicted molar refractivity (Wildman–Crippen MR) is 70.4 cm³/mol. The first kappa shape index (κ1) is 14.2. The van der Waals surface area contributed by atoms with Gasteiger partial charge in [0.15, 0.2) is 0 Å². The van der Waals surface area contributed by atoms with E-state index in [1.54, 1.807) is 6.92 Å². The van der Waals surface area contributed by atoms with Crippen LogP contribution >= 0.6 is 15.9 Å². The maximum atomic E-state index is 11.8. The minimum absolute atomic E-state index is 0.0978. The Morgan fingerprint density at radius 1 is 1.59 bits per heavy atom. The Kier molecular flexibility index (Phi) is 6.26. The molecule has 0 aromatic carbocycles. The first-order chi connectivity index (χ1) is 8.19. The maximum Gasteiger partial charge on any atom is 0.256 e. The first-order valence-corrected chi connectivity index (χ1v) is 7.06. The minimum atomic E-state index is -0.0978. The molecule has 0 bridgehead atoms. The van der Waals surface area contributed by atoms with Crippen LogP contribution in [-0.2, 0) is 0 Å². The number of halogens is 1. The van der Waals surface area contributed by atoms with Crippen molar-refractivity contribution in [2.45, 2.75) is 33.1 Å². The lowest BCUT2D eigenvalue weighted by atomic mass is 10.0. The standard InChI is InChI=1S/C12H19BrN2O2/c1-3-4-10(5-6-13)7-14-12(16)11-8-15-17-9(11)2/h8,10H,3-7H2,1-2H3,(H,14,16). The van der Waals surface area contributed by atoms with Gasteiger partial charge in [0.25, 0.3) is 5.91 Å². The summed E-state index contributed by atoms with van der Waals surface area (Å²) in [6.45, 7) is 4.61. The van der Waals surface area contributed by atoms with E-state index in [-0.39, 0.29) is 5.91 Å². The van der Waals surface area contributed by atoms with Crippen LogP contribution in [-0.4, -0.2) is 22.9 Å². The van der Waals surface area contributed by atoms with Crippen molar-refractivity contribution in [3.63, 3.8) is 0 Å². The van der Waals surface area contributed by atoms with E-state index in [1.807, 2.05) is 0 Å². The lowest BCUT2D eigenvalue weighted by Crippen LogP contribution is -2.29. The average Bonchev–Trinajstić information content (AvgIpc) is 2.72. The highest BCUT2D eigenvalue weighted by molar-refractivity contribution is 9.09. The maximum absolute atomic E-state index is 11.8. The van der Waals surface area contributed by atoms with Crippen molar-refractivity contribution in [1.82, 2.24) is 10.5 Å². The Morgan fingerprint density at radius 2 is 2.35 bits per heavy atom. The van der Waals surface area contributed by atoms with Crippen LogP contribution in [0.5, 0.6) is 0 Å². The molecule has 0 saturated heterocycles. The number of hydrogen-bond donors (Lipinski definition) is 1. The topological polar surface area (TPSA) is 55.1 Å². The molecule has 17 heavy (non-hydrogen) atoms. The lowest BCUT2D eigenvalue weighted by molar-refractivity contribution is 0.0944. The molecule has 1 atom stereocenters. The number of hydrogen-bond acceptors (Lipinski definition) is 3. The van der Waals surface area contributed by atoms with Crippen LogP contribution in [0, 0.1) is 12.8 Å². The molecule has 1 amide bonds. The van der Waals surface area contributed by atoms with Gasteiger partial charge >= 0.3 is 0 Å². The van der Waals surface area contributed by atoms with Gasteiger partial charge in [-0.15, -0.1) is 0 Å². The molecule has 0 saturated carbocycles. The Bertz CT molecular complexity index is 346. The highest BCUT2D eigenvalue weighted by Gasteiger charge is 2.14. The van der Waals surface area contributed by atoms with Gasteiger partial charge in [0.05, 0.1) is 6.20 Å². The van der Waals surface area contributed by atoms with Crippen LogP contribution < -0.4 is 5.32 Å². The summed E-state index contributed by atoms with van der Waals surface area (Å²) in [6.07, 6.45) is 4.81. The van der Waals surface area contributed by atoms with Gasteiger partial charge < -0.3 is 9.84 Å². The van der Waals surface area contributed by atoms with E-state index in [9.17, 15) is 4.79 Å². The first-order valence-electron chi connectivity index (χ1n) is 5.94. The molecule has 0 aliphatic carbocycles. The SMILES string of the molecule is CCCC(CCBr)CNC(=O)c1cnoc1C. The summed E-state index contributed by atoms with van der Waals surface area (Å²) in [5, 5.41) is 7.51. The van der Waals surface area contributed by atoms with Crippen molar-refractivity contribution in [3.05, 3.63) is 17.5 Å². The number of rotatable bonds is 7. The van der Waals surface area contributed by atoms with E-state index in [4.69, 9.17) is 4.52 Å². The largest absolute Gasteiger partial charge is 0.361 e. The van der Waals surface area contributed by atoms with E-state index in [0.717, 1.165) is 24.6 Å². The summed E-state index contributed by atoms with van der Waals surface area (Å²) >= 11 is 3.44. The lowest BCUT2D eigenvalue weighted by Gasteiger charge is -2.15. The normalized spacial score (nSPS) is 12.4. The third-order valence-corrected chi connectivity index (χ3v) is 3.22. The van der Waals surface area contributed by atoms with Crippen LogP contribution in [0.3, 0.4) is 0 Å². The Labute approximate surface area is 110 Å². The molecular formula is C12H19BrN2O2. The fourth-order valence-corrected chi connectivity index (χ4v) is 2.41. The molecule has 0 fully saturated rings. The Morgan fingerprint density at radius 3 is 2.88 bits per heavy atom. The second-order valence-corrected chi connectivity index (χ2v) is 4.93. The quantitative estimate of drug-likeness (QED) is 0.788. The van der Waals surface area contributed by atoms with Crippen molar-refractivity contribution in [2.24, 2.45) is 5.92 Å². The van der Waals surface area contributed by atoms with Crippen molar-refractivity contribution in [1.29, 1.82) is 0 Å². The summed E-state index contributed by atoms with van der Waals surface area (Å²) in [5.41, 5.74) is 0.527. The monoisotopic (exact) mass is 302 g/mol. The van der Waals surface area contributed by atoms with Crippen molar-refractivity contribution in [2.75, 3.05) is 11.9 Å². The summed E-state index contributed by atoms with van der Waals surface area (Å²) in [4.78, 5) is 11.8. The molecular weight excluding hydrogens is 284 g/mol. The highest BCUT2D eigenvalue weighted by Crippen LogP contribution is 2.12. The molecule has 4 nitrogen and oxygen atoms in total. The third-order valence-electron chi connectivity index (χ3n) is 2.76. The zero-order chi connectivity index (χ0) is 12.7. The van der Waals surface area contributed by atoms with Crippen molar-refractivity contribution in [3.8, 4) is 0 Å². The Balaban J connectivity index is 2.43. The molecule has 1 unspecified atom stereocenters. The van der Waals surface area contributed by atoms with Gasteiger partial charge in [0.2, 0.25) is 0 Å². The number of aryl methyl sites for hydroxylation is 1. The van der Waals surface area contributed by atoms with E-state index in [2.05, 4.69) is 33.3 Å². The number of amides is 1. The molecule has 1 heterocycles. The fraction of sp³-hybridized carbons (Fsp3) is 0.667.